The van der Waals surface area contributed by atoms with Gasteiger partial charge in [-0.15, -0.1) is 0 Å². The second kappa shape index (κ2) is 4.76. The van der Waals surface area contributed by atoms with Crippen molar-refractivity contribution in [3.8, 4) is 0 Å². The highest BCUT2D eigenvalue weighted by molar-refractivity contribution is 4.70. The zero-order valence-electron chi connectivity index (χ0n) is 10.4. The molecule has 1 atom stereocenters. The van der Waals surface area contributed by atoms with Gasteiger partial charge in [-0.1, -0.05) is 32.1 Å². The fourth-order valence-electron chi connectivity index (χ4n) is 1.87. The molecule has 0 aromatic heterocycles. The molecule has 0 saturated heterocycles. The van der Waals surface area contributed by atoms with Gasteiger partial charge in [-0.25, -0.2) is 0 Å². The fraction of sp³-hybridized carbons (Fsp3) is 1.00. The Labute approximate surface area is 74.8 Å². The summed E-state index contributed by atoms with van der Waals surface area (Å²) in [6, 6.07) is -0.314. The molecule has 1 aliphatic rings. The third-order valence-electron chi connectivity index (χ3n) is 2.64. The van der Waals surface area contributed by atoms with Crippen molar-refractivity contribution in [3.63, 3.8) is 0 Å². The summed E-state index contributed by atoms with van der Waals surface area (Å²) in [5.41, 5.74) is 0. The predicted octanol–water partition coefficient (Wildman–Crippen LogP) is 2.56. The molecule has 1 fully saturated rings. The molecule has 0 aromatic rings. The number of hydrogen-bond acceptors (Lipinski definition) is 1. The molecule has 0 spiro atoms. The van der Waals surface area contributed by atoms with E-state index in [-0.39, 0.29) is 6.04 Å². The van der Waals surface area contributed by atoms with Crippen molar-refractivity contribution in [3.05, 3.63) is 0 Å². The highest BCUT2D eigenvalue weighted by Gasteiger charge is 2.14. The smallest absolute Gasteiger partial charge is 0.0246 e. The molecule has 0 bridgehead atoms. The first-order valence-electron chi connectivity index (χ1n) is 6.21. The standard InChI is InChI=1S/C10H21N/c1-9(11-2)8-10-6-4-3-5-7-10/h9-11H,3-8H2,1-2H3/i1D3. The molecule has 1 rings (SSSR count). The van der Waals surface area contributed by atoms with Crippen LogP contribution in [0.2, 0.25) is 0 Å². The van der Waals surface area contributed by atoms with Gasteiger partial charge < -0.3 is 5.32 Å². The van der Waals surface area contributed by atoms with Gasteiger partial charge in [-0.05, 0) is 26.2 Å². The minimum atomic E-state index is -1.84. The van der Waals surface area contributed by atoms with Crippen molar-refractivity contribution in [2.24, 2.45) is 5.92 Å². The van der Waals surface area contributed by atoms with Gasteiger partial charge in [-0.2, -0.15) is 0 Å². The lowest BCUT2D eigenvalue weighted by atomic mass is 9.85. The van der Waals surface area contributed by atoms with Crippen LogP contribution in [0.25, 0.3) is 0 Å². The first-order valence-corrected chi connectivity index (χ1v) is 4.71. The topological polar surface area (TPSA) is 12.0 Å². The highest BCUT2D eigenvalue weighted by Crippen LogP contribution is 2.26. The molecule has 0 amide bonds. The number of hydrogen-bond donors (Lipinski definition) is 1. The second-order valence-electron chi connectivity index (χ2n) is 3.58. The average molecular weight is 158 g/mol. The molecule has 1 N–H and O–H groups in total. The van der Waals surface area contributed by atoms with Gasteiger partial charge in [0.25, 0.3) is 0 Å². The quantitative estimate of drug-likeness (QED) is 0.665. The third kappa shape index (κ3) is 3.24. The summed E-state index contributed by atoms with van der Waals surface area (Å²) < 4.78 is 22.1. The van der Waals surface area contributed by atoms with E-state index < -0.39 is 6.85 Å². The van der Waals surface area contributed by atoms with Crippen LogP contribution in [-0.4, -0.2) is 13.1 Å². The van der Waals surface area contributed by atoms with Crippen LogP contribution in [0, 0.1) is 5.92 Å². The van der Waals surface area contributed by atoms with Crippen LogP contribution in [0.3, 0.4) is 0 Å². The van der Waals surface area contributed by atoms with E-state index in [0.29, 0.717) is 5.92 Å². The molecule has 0 radical (unpaired) electrons. The van der Waals surface area contributed by atoms with Gasteiger partial charge in [0, 0.05) is 10.2 Å². The van der Waals surface area contributed by atoms with Gasteiger partial charge in [0.1, 0.15) is 0 Å². The Hall–Kier alpha value is -0.0400. The Kier molecular flexibility index (Phi) is 2.41. The molecular weight excluding hydrogens is 134 g/mol. The van der Waals surface area contributed by atoms with Crippen molar-refractivity contribution >= 4 is 0 Å². The zero-order chi connectivity index (χ0) is 10.6. The second-order valence-corrected chi connectivity index (χ2v) is 3.58. The van der Waals surface area contributed by atoms with Gasteiger partial charge in [0.2, 0.25) is 0 Å². The van der Waals surface area contributed by atoms with Crippen LogP contribution in [-0.2, 0) is 0 Å². The Morgan fingerprint density at radius 3 is 2.73 bits per heavy atom. The van der Waals surface area contributed by atoms with E-state index in [2.05, 4.69) is 5.32 Å². The minimum absolute atomic E-state index is 0.314. The van der Waals surface area contributed by atoms with E-state index in [1.54, 1.807) is 7.05 Å². The maximum atomic E-state index is 7.38. The Morgan fingerprint density at radius 1 is 1.45 bits per heavy atom. The SMILES string of the molecule is [2H]C([2H])([2H])C(CC1CCCCC1)NC. The van der Waals surface area contributed by atoms with Crippen LogP contribution >= 0.6 is 0 Å². The summed E-state index contributed by atoms with van der Waals surface area (Å²) in [7, 11) is 1.75. The normalized spacial score (nSPS) is 28.6. The van der Waals surface area contributed by atoms with Gasteiger partial charge in [0.15, 0.2) is 0 Å². The first-order chi connectivity index (χ1) is 6.54. The summed E-state index contributed by atoms with van der Waals surface area (Å²) in [6.45, 7) is -1.84. The summed E-state index contributed by atoms with van der Waals surface area (Å²) in [4.78, 5) is 0. The lowest BCUT2D eigenvalue weighted by molar-refractivity contribution is 0.311. The first kappa shape index (κ1) is 5.58. The largest absolute Gasteiger partial charge is 0.317 e. The van der Waals surface area contributed by atoms with E-state index in [1.165, 1.54) is 32.1 Å². The van der Waals surface area contributed by atoms with E-state index >= 15 is 0 Å². The highest BCUT2D eigenvalue weighted by atomic mass is 14.8. The summed E-state index contributed by atoms with van der Waals surface area (Å²) in [5, 5.41) is 2.93. The monoisotopic (exact) mass is 158 g/mol. The summed E-state index contributed by atoms with van der Waals surface area (Å²) in [6.07, 6.45) is 7.13. The molecule has 11 heavy (non-hydrogen) atoms. The molecule has 1 saturated carbocycles. The van der Waals surface area contributed by atoms with Crippen LogP contribution < -0.4 is 5.32 Å². The van der Waals surface area contributed by atoms with Crippen LogP contribution in [0.4, 0.5) is 0 Å². The van der Waals surface area contributed by atoms with Gasteiger partial charge >= 0.3 is 0 Å². The Balaban J connectivity index is 2.39. The van der Waals surface area contributed by atoms with Crippen molar-refractivity contribution in [2.75, 3.05) is 7.05 Å². The minimum Gasteiger partial charge on any atom is -0.317 e. The summed E-state index contributed by atoms with van der Waals surface area (Å²) >= 11 is 0. The predicted molar refractivity (Wildman–Crippen MR) is 49.7 cm³/mol. The molecule has 1 heteroatoms. The molecule has 1 aliphatic carbocycles. The van der Waals surface area contributed by atoms with Crippen LogP contribution in [0.15, 0.2) is 0 Å². The summed E-state index contributed by atoms with van der Waals surface area (Å²) in [5.74, 6) is 0.627. The molecule has 0 aromatic carbocycles. The Morgan fingerprint density at radius 2 is 2.18 bits per heavy atom. The van der Waals surface area contributed by atoms with Crippen molar-refractivity contribution < 1.29 is 4.11 Å². The molecule has 66 valence electrons. The maximum absolute atomic E-state index is 7.38. The zero-order valence-corrected chi connectivity index (χ0v) is 7.40. The van der Waals surface area contributed by atoms with Crippen molar-refractivity contribution in [1.29, 1.82) is 0 Å². The van der Waals surface area contributed by atoms with E-state index in [0.717, 1.165) is 6.42 Å². The fourth-order valence-corrected chi connectivity index (χ4v) is 1.87. The van der Waals surface area contributed by atoms with Crippen molar-refractivity contribution in [2.45, 2.75) is 51.4 Å². The van der Waals surface area contributed by atoms with Gasteiger partial charge in [0.05, 0.1) is 0 Å². The van der Waals surface area contributed by atoms with E-state index in [4.69, 9.17) is 4.11 Å². The van der Waals surface area contributed by atoms with Gasteiger partial charge in [-0.3, -0.25) is 0 Å². The molecule has 0 aliphatic heterocycles. The number of nitrogens with one attached hydrogen (secondary N) is 1. The molecule has 1 unspecified atom stereocenters. The molecule has 1 nitrogen and oxygen atoms in total. The number of rotatable bonds is 3. The van der Waals surface area contributed by atoms with Crippen molar-refractivity contribution in [1.82, 2.24) is 5.32 Å². The third-order valence-corrected chi connectivity index (χ3v) is 2.64. The van der Waals surface area contributed by atoms with Crippen LogP contribution in [0.5, 0.6) is 0 Å². The lowest BCUT2D eigenvalue weighted by Crippen LogP contribution is -2.25. The van der Waals surface area contributed by atoms with E-state index in [9.17, 15) is 0 Å². The lowest BCUT2D eigenvalue weighted by Gasteiger charge is -2.24. The van der Waals surface area contributed by atoms with Crippen LogP contribution in [0.1, 0.15) is 49.5 Å². The average Bonchev–Trinajstić information content (AvgIpc) is 2.14. The maximum Gasteiger partial charge on any atom is 0.0246 e. The van der Waals surface area contributed by atoms with E-state index in [1.807, 2.05) is 0 Å². The molecule has 0 heterocycles. The molecular formula is C10H21N. The Bertz CT molecular complexity index is 161.